The summed E-state index contributed by atoms with van der Waals surface area (Å²) in [6.45, 7) is 7.35. The normalized spacial score (nSPS) is 13.9. The summed E-state index contributed by atoms with van der Waals surface area (Å²) in [5, 5.41) is 12.1. The van der Waals surface area contributed by atoms with Gasteiger partial charge in [0.15, 0.2) is 10.1 Å². The van der Waals surface area contributed by atoms with Crippen molar-refractivity contribution in [3.8, 4) is 0 Å². The summed E-state index contributed by atoms with van der Waals surface area (Å²) < 4.78 is 2.02. The lowest BCUT2D eigenvalue weighted by molar-refractivity contribution is 0.102. The molecule has 6 heteroatoms. The van der Waals surface area contributed by atoms with Crippen molar-refractivity contribution in [1.82, 2.24) is 14.3 Å². The number of fused-ring (bicyclic) bond motifs is 1. The highest BCUT2D eigenvalue weighted by atomic mass is 35.5. The van der Waals surface area contributed by atoms with Crippen LogP contribution in [0.5, 0.6) is 0 Å². The molecule has 18 heavy (non-hydrogen) atoms. The standard InChI is InChI=1S/C12H18ClN3OS/c1-8(2)15(6-9(3)17)7-10-11(13)14-12-16(10)4-5-18-12/h4-5,8-9,17H,6-7H2,1-3H3. The van der Waals surface area contributed by atoms with Crippen LogP contribution in [0.3, 0.4) is 0 Å². The monoisotopic (exact) mass is 287 g/mol. The first-order valence-corrected chi connectivity index (χ1v) is 7.27. The number of nitrogens with zero attached hydrogens (tertiary/aromatic N) is 3. The van der Waals surface area contributed by atoms with E-state index in [1.54, 1.807) is 18.3 Å². The number of thiazole rings is 1. The molecule has 0 spiro atoms. The molecule has 0 saturated carbocycles. The quantitative estimate of drug-likeness (QED) is 0.919. The van der Waals surface area contributed by atoms with E-state index in [0.717, 1.165) is 10.7 Å². The second kappa shape index (κ2) is 5.57. The topological polar surface area (TPSA) is 40.8 Å². The van der Waals surface area contributed by atoms with E-state index in [2.05, 4.69) is 23.7 Å². The van der Waals surface area contributed by atoms with Crippen LogP contribution in [0.2, 0.25) is 5.15 Å². The minimum Gasteiger partial charge on any atom is -0.392 e. The molecule has 1 N–H and O–H groups in total. The Morgan fingerprint density at radius 1 is 1.50 bits per heavy atom. The Morgan fingerprint density at radius 2 is 2.22 bits per heavy atom. The maximum Gasteiger partial charge on any atom is 0.195 e. The summed E-state index contributed by atoms with van der Waals surface area (Å²) in [5.41, 5.74) is 0.988. The fraction of sp³-hybridized carbons (Fsp3) is 0.583. The van der Waals surface area contributed by atoms with E-state index in [1.165, 1.54) is 0 Å². The Kier molecular flexibility index (Phi) is 4.27. The molecule has 0 saturated heterocycles. The van der Waals surface area contributed by atoms with Crippen LogP contribution in [0, 0.1) is 0 Å². The first kappa shape index (κ1) is 13.8. The second-order valence-electron chi connectivity index (χ2n) is 4.78. The number of aliphatic hydroxyl groups is 1. The lowest BCUT2D eigenvalue weighted by Gasteiger charge is -2.27. The number of aliphatic hydroxyl groups excluding tert-OH is 1. The summed E-state index contributed by atoms with van der Waals surface area (Å²) in [6.07, 6.45) is 1.63. The van der Waals surface area contributed by atoms with Gasteiger partial charge in [-0.3, -0.25) is 9.30 Å². The van der Waals surface area contributed by atoms with E-state index in [0.29, 0.717) is 24.3 Å². The van der Waals surface area contributed by atoms with Gasteiger partial charge in [0.25, 0.3) is 0 Å². The second-order valence-corrected chi connectivity index (χ2v) is 6.01. The predicted molar refractivity (Wildman–Crippen MR) is 75.3 cm³/mol. The molecule has 0 bridgehead atoms. The summed E-state index contributed by atoms with van der Waals surface area (Å²) in [6, 6.07) is 0.347. The van der Waals surface area contributed by atoms with Gasteiger partial charge in [-0.05, 0) is 20.8 Å². The minimum absolute atomic E-state index is 0.347. The molecule has 2 rings (SSSR count). The molecular formula is C12H18ClN3OS. The van der Waals surface area contributed by atoms with E-state index < -0.39 is 0 Å². The van der Waals surface area contributed by atoms with Gasteiger partial charge in [-0.2, -0.15) is 0 Å². The van der Waals surface area contributed by atoms with Crippen LogP contribution in [-0.4, -0.2) is 38.1 Å². The predicted octanol–water partition coefficient (Wildman–Crippen LogP) is 2.64. The largest absolute Gasteiger partial charge is 0.392 e. The molecule has 4 nitrogen and oxygen atoms in total. The maximum atomic E-state index is 9.55. The molecule has 0 radical (unpaired) electrons. The number of imidazole rings is 1. The Labute approximate surface area is 116 Å². The number of hydrogen-bond donors (Lipinski definition) is 1. The first-order valence-electron chi connectivity index (χ1n) is 6.01. The average Bonchev–Trinajstić information content (AvgIpc) is 2.80. The van der Waals surface area contributed by atoms with E-state index in [9.17, 15) is 5.11 Å². The molecule has 1 atom stereocenters. The highest BCUT2D eigenvalue weighted by Crippen LogP contribution is 2.23. The van der Waals surface area contributed by atoms with Crippen molar-refractivity contribution < 1.29 is 5.11 Å². The van der Waals surface area contributed by atoms with Crippen molar-refractivity contribution in [3.63, 3.8) is 0 Å². The van der Waals surface area contributed by atoms with Gasteiger partial charge in [-0.1, -0.05) is 11.6 Å². The van der Waals surface area contributed by atoms with Crippen molar-refractivity contribution in [2.24, 2.45) is 0 Å². The van der Waals surface area contributed by atoms with Gasteiger partial charge in [0, 0.05) is 30.7 Å². The zero-order chi connectivity index (χ0) is 13.3. The molecule has 0 aliphatic rings. The van der Waals surface area contributed by atoms with Gasteiger partial charge in [0.1, 0.15) is 0 Å². The molecule has 1 unspecified atom stereocenters. The lowest BCUT2D eigenvalue weighted by Crippen LogP contribution is -2.36. The van der Waals surface area contributed by atoms with Crippen LogP contribution >= 0.6 is 22.9 Å². The third kappa shape index (κ3) is 2.85. The Bertz CT molecular complexity index is 520. The fourth-order valence-corrected chi connectivity index (χ4v) is 2.95. The zero-order valence-corrected chi connectivity index (χ0v) is 12.4. The molecular weight excluding hydrogens is 270 g/mol. The van der Waals surface area contributed by atoms with Crippen LogP contribution in [0.4, 0.5) is 0 Å². The molecule has 0 aromatic carbocycles. The molecule has 2 aromatic rings. The van der Waals surface area contributed by atoms with Crippen molar-refractivity contribution >= 4 is 27.9 Å². The first-order chi connectivity index (χ1) is 8.49. The molecule has 0 aliphatic heterocycles. The van der Waals surface area contributed by atoms with Gasteiger partial charge < -0.3 is 5.11 Å². The van der Waals surface area contributed by atoms with Gasteiger partial charge in [-0.15, -0.1) is 11.3 Å². The minimum atomic E-state index is -0.350. The highest BCUT2D eigenvalue weighted by molar-refractivity contribution is 7.15. The van der Waals surface area contributed by atoms with Crippen LogP contribution in [0.1, 0.15) is 26.5 Å². The third-order valence-corrected chi connectivity index (χ3v) is 3.95. The molecule has 100 valence electrons. The number of aromatic nitrogens is 2. The highest BCUT2D eigenvalue weighted by Gasteiger charge is 2.18. The summed E-state index contributed by atoms with van der Waals surface area (Å²) in [4.78, 5) is 7.43. The molecule has 0 fully saturated rings. The number of rotatable bonds is 5. The van der Waals surface area contributed by atoms with Crippen LogP contribution in [0.25, 0.3) is 4.96 Å². The zero-order valence-electron chi connectivity index (χ0n) is 10.8. The Balaban J connectivity index is 2.24. The molecule has 0 amide bonds. The Hall–Kier alpha value is -0.620. The van der Waals surface area contributed by atoms with Gasteiger partial charge in [0.2, 0.25) is 0 Å². The lowest BCUT2D eigenvalue weighted by atomic mass is 10.2. The van der Waals surface area contributed by atoms with Crippen molar-refractivity contribution in [3.05, 3.63) is 22.4 Å². The van der Waals surface area contributed by atoms with E-state index in [-0.39, 0.29) is 6.10 Å². The summed E-state index contributed by atoms with van der Waals surface area (Å²) in [5.74, 6) is 0. The molecule has 2 aromatic heterocycles. The number of hydrogen-bond acceptors (Lipinski definition) is 4. The molecule has 0 aliphatic carbocycles. The average molecular weight is 288 g/mol. The van der Waals surface area contributed by atoms with Gasteiger partial charge >= 0.3 is 0 Å². The summed E-state index contributed by atoms with van der Waals surface area (Å²) >= 11 is 7.75. The van der Waals surface area contributed by atoms with Gasteiger partial charge in [0.05, 0.1) is 11.8 Å². The third-order valence-electron chi connectivity index (χ3n) is 2.89. The van der Waals surface area contributed by atoms with E-state index in [4.69, 9.17) is 11.6 Å². The smallest absolute Gasteiger partial charge is 0.195 e. The fourth-order valence-electron chi connectivity index (χ4n) is 1.94. The van der Waals surface area contributed by atoms with Crippen molar-refractivity contribution in [2.45, 2.75) is 39.5 Å². The van der Waals surface area contributed by atoms with Crippen molar-refractivity contribution in [1.29, 1.82) is 0 Å². The number of halogens is 1. The van der Waals surface area contributed by atoms with Crippen LogP contribution in [0.15, 0.2) is 11.6 Å². The van der Waals surface area contributed by atoms with E-state index >= 15 is 0 Å². The van der Waals surface area contributed by atoms with Crippen molar-refractivity contribution in [2.75, 3.05) is 6.54 Å². The molecule has 2 heterocycles. The SMILES string of the molecule is CC(O)CN(Cc1c(Cl)nc2sccn12)C(C)C. The summed E-state index contributed by atoms with van der Waals surface area (Å²) in [7, 11) is 0. The van der Waals surface area contributed by atoms with Crippen LogP contribution in [-0.2, 0) is 6.54 Å². The maximum absolute atomic E-state index is 9.55. The van der Waals surface area contributed by atoms with E-state index in [1.807, 2.05) is 16.0 Å². The van der Waals surface area contributed by atoms with Crippen LogP contribution < -0.4 is 0 Å². The Morgan fingerprint density at radius 3 is 2.83 bits per heavy atom. The van der Waals surface area contributed by atoms with Gasteiger partial charge in [-0.25, -0.2) is 4.98 Å².